The summed E-state index contributed by atoms with van der Waals surface area (Å²) < 4.78 is 50.6. The fourth-order valence-electron chi connectivity index (χ4n) is 2.20. The van der Waals surface area contributed by atoms with Crippen molar-refractivity contribution in [1.82, 2.24) is 0 Å². The lowest BCUT2D eigenvalue weighted by Gasteiger charge is -2.05. The van der Waals surface area contributed by atoms with E-state index in [4.69, 9.17) is 9.05 Å². The summed E-state index contributed by atoms with van der Waals surface area (Å²) in [6.45, 7) is 17.5. The minimum absolute atomic E-state index is 0.305. The topological polar surface area (TPSA) is 88.1 Å². The molecular formula is C34H44O7P3+. The molecule has 0 saturated carbocycles. The van der Waals surface area contributed by atoms with Crippen LogP contribution in [0.2, 0.25) is 0 Å². The maximum absolute atomic E-state index is 11.5. The van der Waals surface area contributed by atoms with Crippen molar-refractivity contribution in [2.45, 2.75) is 55.4 Å². The van der Waals surface area contributed by atoms with Crippen LogP contribution in [0.4, 0.5) is 0 Å². The van der Waals surface area contributed by atoms with Gasteiger partial charge in [-0.3, -0.25) is 0 Å². The Morgan fingerprint density at radius 2 is 0.636 bits per heavy atom. The third-order valence-corrected chi connectivity index (χ3v) is 4.91. The maximum atomic E-state index is 11.5. The zero-order chi connectivity index (χ0) is 33.3. The van der Waals surface area contributed by atoms with Gasteiger partial charge in [0.25, 0.3) is 0 Å². The number of benzene rings is 4. The average Bonchev–Trinajstić information content (AvgIpc) is 2.95. The van der Waals surface area contributed by atoms with E-state index in [-0.39, 0.29) is 17.4 Å². The SMILES string of the molecule is CC(C)(C)C.CC(C)(C)C.O=POc1ccccc1.O=POc1ccccc1.O=[P+](Oc1ccccc1)Oc1ccccc1. The quantitative estimate of drug-likeness (QED) is 0.174. The molecule has 0 aliphatic rings. The van der Waals surface area contributed by atoms with Crippen LogP contribution in [0.1, 0.15) is 55.4 Å². The monoisotopic (exact) mass is 657 g/mol. The van der Waals surface area contributed by atoms with E-state index in [0.717, 1.165) is 0 Å². The Bertz CT molecular complexity index is 1170. The molecule has 0 N–H and O–H groups in total. The van der Waals surface area contributed by atoms with Crippen molar-refractivity contribution in [3.05, 3.63) is 121 Å². The lowest BCUT2D eigenvalue weighted by atomic mass is 10.0. The van der Waals surface area contributed by atoms with Crippen molar-refractivity contribution in [1.29, 1.82) is 0 Å². The zero-order valence-corrected chi connectivity index (χ0v) is 29.4. The summed E-state index contributed by atoms with van der Waals surface area (Å²) in [4.78, 5) is 0. The van der Waals surface area contributed by atoms with Crippen molar-refractivity contribution >= 4 is 25.6 Å². The van der Waals surface area contributed by atoms with Crippen molar-refractivity contribution < 1.29 is 31.8 Å². The van der Waals surface area contributed by atoms with Gasteiger partial charge in [-0.2, -0.15) is 0 Å². The Kier molecular flexibility index (Phi) is 21.8. The minimum Gasteiger partial charge on any atom is -0.408 e. The van der Waals surface area contributed by atoms with Crippen LogP contribution in [0, 0.1) is 10.8 Å². The number of hydrogen-bond donors (Lipinski definition) is 0. The van der Waals surface area contributed by atoms with E-state index in [1.165, 1.54) is 0 Å². The van der Waals surface area contributed by atoms with Crippen LogP contribution in [0.25, 0.3) is 0 Å². The second-order valence-corrected chi connectivity index (χ2v) is 13.5. The molecule has 0 radical (unpaired) electrons. The summed E-state index contributed by atoms with van der Waals surface area (Å²) in [6.07, 6.45) is 0. The number of para-hydroxylation sites is 4. The maximum Gasteiger partial charge on any atom is 0.805 e. The molecule has 236 valence electrons. The van der Waals surface area contributed by atoms with Crippen LogP contribution in [0.5, 0.6) is 23.0 Å². The Labute approximate surface area is 267 Å². The molecule has 0 saturated heterocycles. The van der Waals surface area contributed by atoms with Gasteiger partial charge in [0.05, 0.1) is 0 Å². The van der Waals surface area contributed by atoms with Gasteiger partial charge < -0.3 is 9.05 Å². The highest BCUT2D eigenvalue weighted by atomic mass is 31.1. The smallest absolute Gasteiger partial charge is 0.408 e. The van der Waals surface area contributed by atoms with E-state index in [2.05, 4.69) is 64.4 Å². The standard InChI is InChI=1S/C12H10O3P.2C6H5O2P.2C5H12/c13-16(14-11-7-3-1-4-8-11)15-12-9-5-2-6-10-12;2*7-9-8-6-4-2-1-3-5-6;2*1-5(2,3)4/h1-10H;2*1-5H;2*1-4H3/q+1;;;;. The molecular weight excluding hydrogens is 613 g/mol. The van der Waals surface area contributed by atoms with E-state index in [1.807, 2.05) is 48.5 Å². The van der Waals surface area contributed by atoms with Gasteiger partial charge in [-0.25, -0.2) is 18.2 Å². The van der Waals surface area contributed by atoms with Crippen molar-refractivity contribution in [3.63, 3.8) is 0 Å². The van der Waals surface area contributed by atoms with Gasteiger partial charge in [0.2, 0.25) is 0 Å². The van der Waals surface area contributed by atoms with Gasteiger partial charge in [0.1, 0.15) is 11.5 Å². The molecule has 0 unspecified atom stereocenters. The predicted octanol–water partition coefficient (Wildman–Crippen LogP) is 12.5. The van der Waals surface area contributed by atoms with Crippen LogP contribution >= 0.6 is 25.6 Å². The zero-order valence-electron chi connectivity index (χ0n) is 26.7. The average molecular weight is 658 g/mol. The van der Waals surface area contributed by atoms with Crippen LogP contribution in [-0.4, -0.2) is 0 Å². The van der Waals surface area contributed by atoms with E-state index >= 15 is 0 Å². The highest BCUT2D eigenvalue weighted by Crippen LogP contribution is 2.29. The molecule has 7 nitrogen and oxygen atoms in total. The molecule has 4 aromatic carbocycles. The van der Waals surface area contributed by atoms with Crippen molar-refractivity contribution in [3.8, 4) is 23.0 Å². The Hall–Kier alpha value is -3.62. The Morgan fingerprint density at radius 3 is 0.841 bits per heavy atom. The van der Waals surface area contributed by atoms with Gasteiger partial charge in [-0.05, 0) is 59.4 Å². The second kappa shape index (κ2) is 23.8. The minimum atomic E-state index is -2.18. The summed E-state index contributed by atoms with van der Waals surface area (Å²) >= 11 is 0. The molecule has 0 fully saturated rings. The summed E-state index contributed by atoms with van der Waals surface area (Å²) in [5.41, 5.74) is 1.00. The molecule has 0 spiro atoms. The fraction of sp³-hybridized carbons (Fsp3) is 0.294. The van der Waals surface area contributed by atoms with E-state index in [1.54, 1.807) is 72.8 Å². The third-order valence-electron chi connectivity index (χ3n) is 3.62. The van der Waals surface area contributed by atoms with Crippen molar-refractivity contribution in [2.75, 3.05) is 0 Å². The first-order valence-corrected chi connectivity index (χ1v) is 16.3. The van der Waals surface area contributed by atoms with E-state index in [9.17, 15) is 13.7 Å². The molecule has 0 aromatic heterocycles. The molecule has 0 aliphatic heterocycles. The Balaban J connectivity index is 0.000000570. The summed E-state index contributed by atoms with van der Waals surface area (Å²) in [6, 6.07) is 35.8. The van der Waals surface area contributed by atoms with Crippen LogP contribution in [0.3, 0.4) is 0 Å². The van der Waals surface area contributed by atoms with Crippen LogP contribution < -0.4 is 18.1 Å². The van der Waals surface area contributed by atoms with E-state index < -0.39 is 8.25 Å². The molecule has 44 heavy (non-hydrogen) atoms. The number of hydrogen-bond acceptors (Lipinski definition) is 7. The third kappa shape index (κ3) is 29.9. The second-order valence-electron chi connectivity index (χ2n) is 12.0. The molecule has 0 bridgehead atoms. The molecule has 10 heteroatoms. The highest BCUT2D eigenvalue weighted by Gasteiger charge is 2.23. The first-order chi connectivity index (χ1) is 20.7. The van der Waals surface area contributed by atoms with Crippen LogP contribution in [0.15, 0.2) is 121 Å². The normalized spacial score (nSPS) is 10.0. The lowest BCUT2D eigenvalue weighted by Crippen LogP contribution is -1.93. The largest absolute Gasteiger partial charge is 0.805 e. The van der Waals surface area contributed by atoms with Crippen LogP contribution in [-0.2, 0) is 13.7 Å². The summed E-state index contributed by atoms with van der Waals surface area (Å²) in [5, 5.41) is 0. The van der Waals surface area contributed by atoms with Gasteiger partial charge in [0, 0.05) is 4.57 Å². The predicted molar refractivity (Wildman–Crippen MR) is 181 cm³/mol. The van der Waals surface area contributed by atoms with Gasteiger partial charge in [-0.15, -0.1) is 0 Å². The fourth-order valence-corrected chi connectivity index (χ4v) is 3.24. The summed E-state index contributed by atoms with van der Waals surface area (Å²) in [7, 11) is -2.79. The summed E-state index contributed by atoms with van der Waals surface area (Å²) in [5.74, 6) is 2.29. The van der Waals surface area contributed by atoms with Gasteiger partial charge in [-0.1, -0.05) is 128 Å². The lowest BCUT2D eigenvalue weighted by molar-refractivity contribution is 0.415. The molecule has 0 amide bonds. The van der Waals surface area contributed by atoms with Gasteiger partial charge >= 0.3 is 25.6 Å². The van der Waals surface area contributed by atoms with Crippen molar-refractivity contribution in [2.24, 2.45) is 10.8 Å². The molecule has 0 heterocycles. The molecule has 0 atom stereocenters. The highest BCUT2D eigenvalue weighted by molar-refractivity contribution is 7.34. The molecule has 0 aliphatic carbocycles. The first-order valence-electron chi connectivity index (χ1n) is 13.7. The molecule has 4 rings (SSSR count). The first kappa shape index (κ1) is 40.4. The van der Waals surface area contributed by atoms with E-state index in [0.29, 0.717) is 33.8 Å². The number of rotatable bonds is 8. The Morgan fingerprint density at radius 1 is 0.432 bits per heavy atom. The molecule has 4 aromatic rings. The van der Waals surface area contributed by atoms with Gasteiger partial charge in [0.15, 0.2) is 11.5 Å².